The molecule has 1 fully saturated rings. The SMILES string of the molecule is CC(=O)N1C[C@H](c2cccc(F)c2F)CC[C@@H](NC(=O)O)C1C#N. The van der Waals surface area contributed by atoms with Gasteiger partial charge in [-0.1, -0.05) is 12.1 Å². The van der Waals surface area contributed by atoms with Gasteiger partial charge >= 0.3 is 6.09 Å². The van der Waals surface area contributed by atoms with Gasteiger partial charge in [-0.25, -0.2) is 13.6 Å². The predicted octanol–water partition coefficient (Wildman–Crippen LogP) is 2.22. The normalized spacial score (nSPS) is 23.9. The molecule has 0 saturated carbocycles. The molecule has 2 amide bonds. The second kappa shape index (κ2) is 7.25. The fourth-order valence-electron chi connectivity index (χ4n) is 3.08. The molecule has 1 unspecified atom stereocenters. The monoisotopic (exact) mass is 337 g/mol. The first-order chi connectivity index (χ1) is 11.3. The van der Waals surface area contributed by atoms with E-state index in [-0.39, 0.29) is 18.5 Å². The first-order valence-electron chi connectivity index (χ1n) is 7.45. The number of carbonyl (C=O) groups is 2. The van der Waals surface area contributed by atoms with Crippen molar-refractivity contribution in [1.29, 1.82) is 5.26 Å². The number of likely N-dealkylation sites (tertiary alicyclic amines) is 1. The Balaban J connectivity index is 2.38. The summed E-state index contributed by atoms with van der Waals surface area (Å²) in [7, 11) is 0. The molecule has 6 nitrogen and oxygen atoms in total. The summed E-state index contributed by atoms with van der Waals surface area (Å²) in [5.41, 5.74) is 0.119. The van der Waals surface area contributed by atoms with Gasteiger partial charge in [0.2, 0.25) is 5.91 Å². The molecule has 128 valence electrons. The highest BCUT2D eigenvalue weighted by Crippen LogP contribution is 2.31. The summed E-state index contributed by atoms with van der Waals surface area (Å²) in [6, 6.07) is 3.97. The van der Waals surface area contributed by atoms with Crippen molar-refractivity contribution in [3.05, 3.63) is 35.4 Å². The van der Waals surface area contributed by atoms with Gasteiger partial charge in [-0.2, -0.15) is 5.26 Å². The minimum Gasteiger partial charge on any atom is -0.465 e. The fraction of sp³-hybridized carbons (Fsp3) is 0.438. The lowest BCUT2D eigenvalue weighted by Gasteiger charge is -2.30. The highest BCUT2D eigenvalue weighted by atomic mass is 19.2. The van der Waals surface area contributed by atoms with E-state index in [2.05, 4.69) is 5.32 Å². The summed E-state index contributed by atoms with van der Waals surface area (Å²) in [4.78, 5) is 24.1. The fourth-order valence-corrected chi connectivity index (χ4v) is 3.08. The highest BCUT2D eigenvalue weighted by Gasteiger charge is 2.36. The zero-order valence-electron chi connectivity index (χ0n) is 13.0. The second-order valence-electron chi connectivity index (χ2n) is 5.72. The topological polar surface area (TPSA) is 93.4 Å². The molecule has 2 N–H and O–H groups in total. The van der Waals surface area contributed by atoms with Crippen molar-refractivity contribution in [1.82, 2.24) is 10.2 Å². The van der Waals surface area contributed by atoms with Crippen LogP contribution in [0.4, 0.5) is 13.6 Å². The zero-order chi connectivity index (χ0) is 17.9. The Morgan fingerprint density at radius 1 is 1.38 bits per heavy atom. The summed E-state index contributed by atoms with van der Waals surface area (Å²) in [6.07, 6.45) is -0.762. The molecule has 3 atom stereocenters. The number of hydrogen-bond donors (Lipinski definition) is 2. The number of nitrogens with zero attached hydrogens (tertiary/aromatic N) is 2. The second-order valence-corrected chi connectivity index (χ2v) is 5.72. The van der Waals surface area contributed by atoms with Crippen LogP contribution in [0, 0.1) is 23.0 Å². The summed E-state index contributed by atoms with van der Waals surface area (Å²) < 4.78 is 27.6. The van der Waals surface area contributed by atoms with Crippen LogP contribution in [0.2, 0.25) is 0 Å². The Morgan fingerprint density at radius 2 is 2.08 bits per heavy atom. The molecular formula is C16H17F2N3O3. The van der Waals surface area contributed by atoms with Crippen LogP contribution in [-0.4, -0.2) is 40.6 Å². The smallest absolute Gasteiger partial charge is 0.404 e. The zero-order valence-corrected chi connectivity index (χ0v) is 13.0. The van der Waals surface area contributed by atoms with E-state index in [0.717, 1.165) is 6.07 Å². The van der Waals surface area contributed by atoms with Gasteiger partial charge in [0.15, 0.2) is 11.6 Å². The van der Waals surface area contributed by atoms with E-state index in [1.807, 2.05) is 6.07 Å². The molecule has 2 rings (SSSR count). The largest absolute Gasteiger partial charge is 0.465 e. The number of benzene rings is 1. The Morgan fingerprint density at radius 3 is 2.67 bits per heavy atom. The summed E-state index contributed by atoms with van der Waals surface area (Å²) >= 11 is 0. The number of rotatable bonds is 2. The minimum absolute atomic E-state index is 0.0196. The molecule has 0 spiro atoms. The Kier molecular flexibility index (Phi) is 5.34. The number of carboxylic acid groups (broad SMARTS) is 1. The van der Waals surface area contributed by atoms with Crippen molar-refractivity contribution in [2.75, 3.05) is 6.54 Å². The highest BCUT2D eigenvalue weighted by molar-refractivity contribution is 5.74. The van der Waals surface area contributed by atoms with Crippen molar-refractivity contribution >= 4 is 12.0 Å². The van der Waals surface area contributed by atoms with Gasteiger partial charge in [0.05, 0.1) is 12.1 Å². The van der Waals surface area contributed by atoms with Crippen LogP contribution < -0.4 is 5.32 Å². The molecule has 0 bridgehead atoms. The molecular weight excluding hydrogens is 320 g/mol. The molecule has 1 aromatic carbocycles. The maximum Gasteiger partial charge on any atom is 0.404 e. The van der Waals surface area contributed by atoms with E-state index in [1.54, 1.807) is 0 Å². The summed E-state index contributed by atoms with van der Waals surface area (Å²) in [5.74, 6) is -2.92. The summed E-state index contributed by atoms with van der Waals surface area (Å²) in [5, 5.41) is 20.5. The summed E-state index contributed by atoms with van der Waals surface area (Å²) in [6.45, 7) is 1.28. The Hall–Kier alpha value is -2.69. The van der Waals surface area contributed by atoms with E-state index >= 15 is 0 Å². The number of carbonyl (C=O) groups excluding carboxylic acids is 1. The van der Waals surface area contributed by atoms with Crippen LogP contribution in [0.1, 0.15) is 31.2 Å². The molecule has 0 radical (unpaired) electrons. The van der Waals surface area contributed by atoms with Crippen LogP contribution in [0.15, 0.2) is 18.2 Å². The first kappa shape index (κ1) is 17.7. The van der Waals surface area contributed by atoms with E-state index < -0.39 is 41.6 Å². The minimum atomic E-state index is -1.31. The maximum atomic E-state index is 14.1. The van der Waals surface area contributed by atoms with Gasteiger partial charge in [-0.05, 0) is 24.5 Å². The van der Waals surface area contributed by atoms with Crippen molar-refractivity contribution in [3.63, 3.8) is 0 Å². The molecule has 1 aromatic rings. The van der Waals surface area contributed by atoms with E-state index in [9.17, 15) is 23.6 Å². The first-order valence-corrected chi connectivity index (χ1v) is 7.45. The Labute approximate surface area is 137 Å². The average molecular weight is 337 g/mol. The number of nitrogens with one attached hydrogen (secondary N) is 1. The third-order valence-electron chi connectivity index (χ3n) is 4.23. The van der Waals surface area contributed by atoms with E-state index in [1.165, 1.54) is 24.0 Å². The van der Waals surface area contributed by atoms with Gasteiger partial charge in [0, 0.05) is 19.4 Å². The molecule has 8 heteroatoms. The average Bonchev–Trinajstić information content (AvgIpc) is 2.69. The van der Waals surface area contributed by atoms with Crippen molar-refractivity contribution in [2.24, 2.45) is 0 Å². The third-order valence-corrected chi connectivity index (χ3v) is 4.23. The van der Waals surface area contributed by atoms with Crippen molar-refractivity contribution in [2.45, 2.75) is 37.8 Å². The van der Waals surface area contributed by atoms with Crippen LogP contribution in [0.25, 0.3) is 0 Å². The number of halogens is 2. The lowest BCUT2D eigenvalue weighted by Crippen LogP contribution is -2.51. The van der Waals surface area contributed by atoms with Crippen LogP contribution in [-0.2, 0) is 4.79 Å². The van der Waals surface area contributed by atoms with Gasteiger partial charge < -0.3 is 15.3 Å². The van der Waals surface area contributed by atoms with E-state index in [4.69, 9.17) is 5.11 Å². The molecule has 0 aliphatic carbocycles. The lowest BCUT2D eigenvalue weighted by molar-refractivity contribution is -0.130. The number of nitriles is 1. The molecule has 1 aliphatic rings. The van der Waals surface area contributed by atoms with Gasteiger partial charge in [0.25, 0.3) is 0 Å². The standard InChI is InChI=1S/C16H17F2N3O3/c1-9(22)21-8-10(11-3-2-4-12(17)15(11)18)5-6-13(14(21)7-19)20-16(23)24/h2-4,10,13-14,20H,5-6,8H2,1H3,(H,23,24)/t10-,13-,14?/m1/s1. The Bertz CT molecular complexity index is 690. The van der Waals surface area contributed by atoms with Crippen molar-refractivity contribution in [3.8, 4) is 6.07 Å². The number of hydrogen-bond acceptors (Lipinski definition) is 3. The van der Waals surface area contributed by atoms with Crippen LogP contribution in [0.3, 0.4) is 0 Å². The van der Waals surface area contributed by atoms with Gasteiger partial charge in [0.1, 0.15) is 6.04 Å². The predicted molar refractivity (Wildman–Crippen MR) is 80.1 cm³/mol. The maximum absolute atomic E-state index is 14.1. The van der Waals surface area contributed by atoms with E-state index in [0.29, 0.717) is 6.42 Å². The van der Waals surface area contributed by atoms with Crippen LogP contribution in [0.5, 0.6) is 0 Å². The molecule has 24 heavy (non-hydrogen) atoms. The molecule has 1 saturated heterocycles. The van der Waals surface area contributed by atoms with Crippen LogP contribution >= 0.6 is 0 Å². The van der Waals surface area contributed by atoms with Crippen molar-refractivity contribution < 1.29 is 23.5 Å². The van der Waals surface area contributed by atoms with Gasteiger partial charge in [-0.15, -0.1) is 0 Å². The molecule has 1 aliphatic heterocycles. The lowest BCUT2D eigenvalue weighted by atomic mass is 9.92. The quantitative estimate of drug-likeness (QED) is 0.865. The third kappa shape index (κ3) is 3.62. The van der Waals surface area contributed by atoms with Gasteiger partial charge in [-0.3, -0.25) is 4.79 Å². The number of amides is 2. The molecule has 1 heterocycles. The molecule has 0 aromatic heterocycles.